The topological polar surface area (TPSA) is 94.6 Å². The largest absolute Gasteiger partial charge is 0.357 e. The summed E-state index contributed by atoms with van der Waals surface area (Å²) in [7, 11) is 0. The molecule has 0 aromatic carbocycles. The van der Waals surface area contributed by atoms with Crippen molar-refractivity contribution in [3.63, 3.8) is 0 Å². The third kappa shape index (κ3) is 13.7. The van der Waals surface area contributed by atoms with Crippen molar-refractivity contribution in [2.24, 2.45) is 4.99 Å². The molecule has 0 aliphatic rings. The first-order valence-corrected chi connectivity index (χ1v) is 6.88. The highest BCUT2D eigenvalue weighted by Gasteiger charge is 2.13. The third-order valence-electron chi connectivity index (χ3n) is 2.03. The van der Waals surface area contributed by atoms with E-state index in [0.29, 0.717) is 19.0 Å². The van der Waals surface area contributed by atoms with Crippen molar-refractivity contribution < 1.29 is 9.59 Å². The molecule has 0 radical (unpaired) electrons. The van der Waals surface area contributed by atoms with E-state index >= 15 is 0 Å². The quantitative estimate of drug-likeness (QED) is 0.285. The van der Waals surface area contributed by atoms with E-state index in [2.05, 4.69) is 26.3 Å². The Morgan fingerprint density at radius 1 is 0.952 bits per heavy atom. The van der Waals surface area contributed by atoms with E-state index in [-0.39, 0.29) is 54.4 Å². The van der Waals surface area contributed by atoms with Gasteiger partial charge in [-0.05, 0) is 34.6 Å². The number of hydrogen-bond donors (Lipinski definition) is 4. The highest BCUT2D eigenvalue weighted by atomic mass is 127. The van der Waals surface area contributed by atoms with Crippen LogP contribution in [0, 0.1) is 0 Å². The maximum Gasteiger partial charge on any atom is 0.242 e. The van der Waals surface area contributed by atoms with Gasteiger partial charge >= 0.3 is 0 Å². The van der Waals surface area contributed by atoms with Crippen molar-refractivity contribution >= 4 is 41.8 Å². The van der Waals surface area contributed by atoms with Gasteiger partial charge in [0.15, 0.2) is 5.96 Å². The van der Waals surface area contributed by atoms with Crippen LogP contribution in [0.25, 0.3) is 0 Å². The minimum absolute atomic E-state index is 0. The lowest BCUT2D eigenvalue weighted by Gasteiger charge is -2.20. The van der Waals surface area contributed by atoms with Crippen LogP contribution in [0.1, 0.15) is 34.6 Å². The standard InChI is InChI=1S/C13H27N5O2.HI/c1-6-14-10(19)8-16-12(15-7-2)17-9-11(20)18-13(3,4)5;/h6-9H2,1-5H3,(H,14,19)(H,18,20)(H2,15,16,17);1H. The van der Waals surface area contributed by atoms with Crippen molar-refractivity contribution in [3.05, 3.63) is 0 Å². The number of likely N-dealkylation sites (N-methyl/N-ethyl adjacent to an activating group) is 1. The van der Waals surface area contributed by atoms with Gasteiger partial charge in [0.25, 0.3) is 0 Å². The van der Waals surface area contributed by atoms with Gasteiger partial charge in [0, 0.05) is 18.6 Å². The highest BCUT2D eigenvalue weighted by Crippen LogP contribution is 1.97. The molecule has 21 heavy (non-hydrogen) atoms. The van der Waals surface area contributed by atoms with E-state index in [4.69, 9.17) is 0 Å². The van der Waals surface area contributed by atoms with Crippen LogP contribution in [-0.2, 0) is 9.59 Å². The molecule has 0 saturated heterocycles. The average molecular weight is 413 g/mol. The molecule has 0 unspecified atom stereocenters. The van der Waals surface area contributed by atoms with E-state index in [9.17, 15) is 9.59 Å². The predicted octanol–water partition coefficient (Wildman–Crippen LogP) is 0.210. The molecule has 0 atom stereocenters. The number of halogens is 1. The van der Waals surface area contributed by atoms with Crippen molar-refractivity contribution in [2.45, 2.75) is 40.2 Å². The number of hydrogen-bond acceptors (Lipinski definition) is 3. The van der Waals surface area contributed by atoms with Gasteiger partial charge in [-0.2, -0.15) is 0 Å². The number of nitrogens with one attached hydrogen (secondary N) is 4. The number of aliphatic imine (C=N–C) groups is 1. The lowest BCUT2D eigenvalue weighted by atomic mass is 10.1. The van der Waals surface area contributed by atoms with Gasteiger partial charge in [0.05, 0.1) is 6.54 Å². The molecule has 2 amide bonds. The van der Waals surface area contributed by atoms with Crippen LogP contribution in [0.2, 0.25) is 0 Å². The molecule has 0 aromatic heterocycles. The third-order valence-corrected chi connectivity index (χ3v) is 2.03. The number of carbonyl (C=O) groups excluding carboxylic acids is 2. The number of guanidine groups is 1. The molecular weight excluding hydrogens is 385 g/mol. The first-order chi connectivity index (χ1) is 9.28. The first-order valence-electron chi connectivity index (χ1n) is 6.88. The van der Waals surface area contributed by atoms with Gasteiger partial charge in [0.2, 0.25) is 11.8 Å². The molecule has 4 N–H and O–H groups in total. The van der Waals surface area contributed by atoms with Crippen LogP contribution in [0.4, 0.5) is 0 Å². The zero-order chi connectivity index (χ0) is 15.6. The second kappa shape index (κ2) is 11.6. The van der Waals surface area contributed by atoms with Crippen LogP contribution in [-0.4, -0.2) is 49.5 Å². The smallest absolute Gasteiger partial charge is 0.242 e. The molecular formula is C13H28IN5O2. The summed E-state index contributed by atoms with van der Waals surface area (Å²) in [6.07, 6.45) is 0. The van der Waals surface area contributed by atoms with E-state index in [1.807, 2.05) is 34.6 Å². The molecule has 0 heterocycles. The maximum absolute atomic E-state index is 11.7. The summed E-state index contributed by atoms with van der Waals surface area (Å²) in [5.74, 6) is 0.174. The van der Waals surface area contributed by atoms with Crippen molar-refractivity contribution in [1.82, 2.24) is 21.3 Å². The van der Waals surface area contributed by atoms with E-state index in [1.54, 1.807) is 0 Å². The molecule has 0 bridgehead atoms. The molecule has 0 aliphatic carbocycles. The molecule has 0 aromatic rings. The van der Waals surface area contributed by atoms with Gasteiger partial charge in [0.1, 0.15) is 6.54 Å². The molecule has 0 spiro atoms. The summed E-state index contributed by atoms with van der Waals surface area (Å²) in [6, 6.07) is 0. The van der Waals surface area contributed by atoms with Crippen LogP contribution in [0.15, 0.2) is 4.99 Å². The Labute approximate surface area is 144 Å². The summed E-state index contributed by atoms with van der Waals surface area (Å²) in [5.41, 5.74) is -0.278. The molecule has 0 rings (SSSR count). The number of nitrogens with zero attached hydrogens (tertiary/aromatic N) is 1. The molecule has 0 saturated carbocycles. The molecule has 124 valence electrons. The summed E-state index contributed by atoms with van der Waals surface area (Å²) >= 11 is 0. The minimum Gasteiger partial charge on any atom is -0.357 e. The van der Waals surface area contributed by atoms with E-state index < -0.39 is 0 Å². The van der Waals surface area contributed by atoms with Gasteiger partial charge in [-0.3, -0.25) is 9.59 Å². The van der Waals surface area contributed by atoms with Gasteiger partial charge < -0.3 is 21.3 Å². The Kier molecular flexibility index (Phi) is 12.3. The van der Waals surface area contributed by atoms with Crippen LogP contribution < -0.4 is 21.3 Å². The number of amides is 2. The number of carbonyl (C=O) groups is 2. The maximum atomic E-state index is 11.7. The molecule has 7 nitrogen and oxygen atoms in total. The van der Waals surface area contributed by atoms with E-state index in [1.165, 1.54) is 0 Å². The summed E-state index contributed by atoms with van der Waals surface area (Å²) in [6.45, 7) is 10.9. The summed E-state index contributed by atoms with van der Waals surface area (Å²) in [5, 5.41) is 11.3. The van der Waals surface area contributed by atoms with Crippen molar-refractivity contribution in [3.8, 4) is 0 Å². The Morgan fingerprint density at radius 3 is 2.00 bits per heavy atom. The molecule has 8 heteroatoms. The monoisotopic (exact) mass is 413 g/mol. The normalized spacial score (nSPS) is 11.2. The summed E-state index contributed by atoms with van der Waals surface area (Å²) in [4.78, 5) is 27.1. The second-order valence-electron chi connectivity index (χ2n) is 5.30. The van der Waals surface area contributed by atoms with Crippen molar-refractivity contribution in [1.29, 1.82) is 0 Å². The fraction of sp³-hybridized carbons (Fsp3) is 0.769. The Morgan fingerprint density at radius 2 is 1.52 bits per heavy atom. The minimum atomic E-state index is -0.278. The van der Waals surface area contributed by atoms with Gasteiger partial charge in [-0.1, -0.05) is 0 Å². The predicted molar refractivity (Wildman–Crippen MR) is 96.0 cm³/mol. The summed E-state index contributed by atoms with van der Waals surface area (Å²) < 4.78 is 0. The second-order valence-corrected chi connectivity index (χ2v) is 5.30. The molecule has 0 aliphatic heterocycles. The Bertz CT molecular complexity index is 353. The Balaban J connectivity index is 0. The first kappa shape index (κ1) is 22.2. The fourth-order valence-electron chi connectivity index (χ4n) is 1.37. The van der Waals surface area contributed by atoms with Crippen LogP contribution in [0.3, 0.4) is 0 Å². The zero-order valence-corrected chi connectivity index (χ0v) is 15.8. The van der Waals surface area contributed by atoms with Crippen LogP contribution in [0.5, 0.6) is 0 Å². The SMILES string of the molecule is CCNC(=O)CNC(=NCC(=O)NC(C)(C)C)NCC.I. The fourth-order valence-corrected chi connectivity index (χ4v) is 1.37. The lowest BCUT2D eigenvalue weighted by molar-refractivity contribution is -0.121. The highest BCUT2D eigenvalue weighted by molar-refractivity contribution is 14.0. The van der Waals surface area contributed by atoms with Gasteiger partial charge in [-0.25, -0.2) is 4.99 Å². The zero-order valence-electron chi connectivity index (χ0n) is 13.5. The van der Waals surface area contributed by atoms with E-state index in [0.717, 1.165) is 0 Å². The van der Waals surface area contributed by atoms with Crippen LogP contribution >= 0.6 is 24.0 Å². The average Bonchev–Trinajstić information content (AvgIpc) is 2.31. The lowest BCUT2D eigenvalue weighted by Crippen LogP contribution is -2.45. The Hall–Kier alpha value is -1.06. The number of rotatable bonds is 6. The van der Waals surface area contributed by atoms with Gasteiger partial charge in [-0.15, -0.1) is 24.0 Å². The van der Waals surface area contributed by atoms with Crippen molar-refractivity contribution in [2.75, 3.05) is 26.2 Å². The molecule has 0 fully saturated rings.